The van der Waals surface area contributed by atoms with Gasteiger partial charge in [0.2, 0.25) is 11.9 Å². The molecule has 0 aromatic carbocycles. The lowest BCUT2D eigenvalue weighted by molar-refractivity contribution is -0.126. The summed E-state index contributed by atoms with van der Waals surface area (Å²) in [7, 11) is 3.42. The molecule has 2 aromatic heterocycles. The number of hydrogen-bond acceptors (Lipinski definition) is 5. The van der Waals surface area contributed by atoms with Crippen LogP contribution in [0.25, 0.3) is 10.2 Å². The number of nitrogens with one attached hydrogen (secondary N) is 1. The van der Waals surface area contributed by atoms with E-state index in [9.17, 15) is 9.59 Å². The van der Waals surface area contributed by atoms with Crippen molar-refractivity contribution in [3.8, 4) is 0 Å². The molecule has 130 valence electrons. The van der Waals surface area contributed by atoms with E-state index in [-0.39, 0.29) is 24.1 Å². The summed E-state index contributed by atoms with van der Waals surface area (Å²) in [6.07, 6.45) is 4.33. The number of rotatable bonds is 4. The Hall–Kier alpha value is -1.89. The fourth-order valence-electron chi connectivity index (χ4n) is 3.13. The minimum absolute atomic E-state index is 0.00852. The first-order chi connectivity index (χ1) is 11.4. The molecule has 2 heterocycles. The molecular formula is C17H24N4O2S. The highest BCUT2D eigenvalue weighted by Crippen LogP contribution is 2.34. The van der Waals surface area contributed by atoms with Crippen LogP contribution in [0, 0.1) is 0 Å². The van der Waals surface area contributed by atoms with Crippen LogP contribution in [0.4, 0.5) is 5.95 Å². The van der Waals surface area contributed by atoms with Crippen molar-refractivity contribution >= 4 is 33.4 Å². The monoisotopic (exact) mass is 348 g/mol. The van der Waals surface area contributed by atoms with Crippen LogP contribution in [0.1, 0.15) is 43.2 Å². The van der Waals surface area contributed by atoms with Crippen molar-refractivity contribution in [1.29, 1.82) is 0 Å². The molecule has 1 amide bonds. The van der Waals surface area contributed by atoms with Gasteiger partial charge in [0.15, 0.2) is 0 Å². The quantitative estimate of drug-likeness (QED) is 0.921. The minimum Gasteiger partial charge on any atom is -0.347 e. The molecular weight excluding hydrogens is 324 g/mol. The Kier molecular flexibility index (Phi) is 4.62. The summed E-state index contributed by atoms with van der Waals surface area (Å²) in [4.78, 5) is 33.3. The second-order valence-corrected chi connectivity index (χ2v) is 7.82. The van der Waals surface area contributed by atoms with E-state index in [1.807, 2.05) is 13.8 Å². The molecule has 0 radical (unpaired) electrons. The number of fused-ring (bicyclic) bond motifs is 3. The second-order valence-electron chi connectivity index (χ2n) is 6.74. The topological polar surface area (TPSA) is 67.2 Å². The highest BCUT2D eigenvalue weighted by molar-refractivity contribution is 7.18. The van der Waals surface area contributed by atoms with Gasteiger partial charge in [-0.05, 0) is 45.1 Å². The lowest BCUT2D eigenvalue weighted by atomic mass is 9.97. The van der Waals surface area contributed by atoms with E-state index in [1.165, 1.54) is 21.8 Å². The molecule has 0 unspecified atom stereocenters. The molecule has 0 spiro atoms. The number of nitrogens with zero attached hydrogens (tertiary/aromatic N) is 3. The SMILES string of the molecule is CC(C)n1c(NCC(=O)N(C)C)nc2sc3c(c2c1=O)CCCC3. The van der Waals surface area contributed by atoms with Crippen molar-refractivity contribution in [3.63, 3.8) is 0 Å². The van der Waals surface area contributed by atoms with Gasteiger partial charge in [-0.2, -0.15) is 0 Å². The number of amides is 1. The highest BCUT2D eigenvalue weighted by atomic mass is 32.1. The number of likely N-dealkylation sites (N-methyl/N-ethyl adjacent to an activating group) is 1. The van der Waals surface area contributed by atoms with E-state index in [0.29, 0.717) is 5.95 Å². The Morgan fingerprint density at radius 2 is 2.04 bits per heavy atom. The summed E-state index contributed by atoms with van der Waals surface area (Å²) in [5.41, 5.74) is 1.21. The zero-order valence-corrected chi connectivity index (χ0v) is 15.5. The average molecular weight is 348 g/mol. The van der Waals surface area contributed by atoms with Crippen LogP contribution < -0.4 is 10.9 Å². The number of anilines is 1. The number of carbonyl (C=O) groups is 1. The second kappa shape index (κ2) is 6.55. The fraction of sp³-hybridized carbons (Fsp3) is 0.588. The maximum Gasteiger partial charge on any atom is 0.264 e. The zero-order valence-electron chi connectivity index (χ0n) is 14.7. The lowest BCUT2D eigenvalue weighted by Crippen LogP contribution is -2.32. The summed E-state index contributed by atoms with van der Waals surface area (Å²) in [6, 6.07) is -0.0227. The number of carbonyl (C=O) groups excluding carboxylic acids is 1. The summed E-state index contributed by atoms with van der Waals surface area (Å²) < 4.78 is 1.67. The van der Waals surface area contributed by atoms with Gasteiger partial charge in [-0.1, -0.05) is 0 Å². The number of thiophene rings is 1. The van der Waals surface area contributed by atoms with Gasteiger partial charge in [-0.25, -0.2) is 4.98 Å². The molecule has 0 bridgehead atoms. The molecule has 0 atom stereocenters. The van der Waals surface area contributed by atoms with Crippen LogP contribution in [0.2, 0.25) is 0 Å². The van der Waals surface area contributed by atoms with Crippen LogP contribution >= 0.6 is 11.3 Å². The van der Waals surface area contributed by atoms with Crippen LogP contribution in [0.5, 0.6) is 0 Å². The minimum atomic E-state index is -0.0508. The third kappa shape index (κ3) is 2.92. The summed E-state index contributed by atoms with van der Waals surface area (Å²) in [5, 5.41) is 3.84. The molecule has 1 N–H and O–H groups in total. The average Bonchev–Trinajstić information content (AvgIpc) is 2.90. The molecule has 0 saturated heterocycles. The van der Waals surface area contributed by atoms with E-state index in [0.717, 1.165) is 29.5 Å². The Labute approximate surface area is 145 Å². The molecule has 6 nitrogen and oxygen atoms in total. The molecule has 1 aliphatic carbocycles. The van der Waals surface area contributed by atoms with Crippen LogP contribution in [-0.2, 0) is 17.6 Å². The van der Waals surface area contributed by atoms with Crippen LogP contribution in [0.3, 0.4) is 0 Å². The van der Waals surface area contributed by atoms with Crippen molar-refractivity contribution in [3.05, 3.63) is 20.8 Å². The Bertz CT molecular complexity index is 835. The van der Waals surface area contributed by atoms with Crippen LogP contribution in [0.15, 0.2) is 4.79 Å². The molecule has 3 rings (SSSR count). The third-order valence-corrected chi connectivity index (χ3v) is 5.62. The molecule has 0 fully saturated rings. The smallest absolute Gasteiger partial charge is 0.264 e. The van der Waals surface area contributed by atoms with Gasteiger partial charge < -0.3 is 10.2 Å². The Morgan fingerprint density at radius 3 is 2.71 bits per heavy atom. The molecule has 0 aliphatic heterocycles. The van der Waals surface area contributed by atoms with Crippen molar-refractivity contribution in [1.82, 2.24) is 14.5 Å². The van der Waals surface area contributed by atoms with E-state index in [2.05, 4.69) is 5.32 Å². The number of hydrogen-bond donors (Lipinski definition) is 1. The summed E-state index contributed by atoms with van der Waals surface area (Å²) in [6.45, 7) is 4.06. The largest absolute Gasteiger partial charge is 0.347 e. The van der Waals surface area contributed by atoms with Crippen molar-refractivity contribution in [2.45, 2.75) is 45.6 Å². The van der Waals surface area contributed by atoms with E-state index in [4.69, 9.17) is 4.98 Å². The van der Waals surface area contributed by atoms with Gasteiger partial charge in [0, 0.05) is 25.0 Å². The third-order valence-electron chi connectivity index (χ3n) is 4.43. The first-order valence-corrected chi connectivity index (χ1v) is 9.22. The molecule has 2 aromatic rings. The Balaban J connectivity index is 2.10. The molecule has 24 heavy (non-hydrogen) atoms. The standard InChI is InChI=1S/C17H24N4O2S/c1-10(2)21-16(23)14-11-7-5-6-8-12(11)24-15(14)19-17(21)18-9-13(22)20(3)4/h10H,5-9H2,1-4H3,(H,18,19). The van der Waals surface area contributed by atoms with Crippen molar-refractivity contribution in [2.75, 3.05) is 26.0 Å². The number of aromatic nitrogens is 2. The normalized spacial score (nSPS) is 14.0. The summed E-state index contributed by atoms with van der Waals surface area (Å²) in [5.74, 6) is 0.432. The maximum absolute atomic E-state index is 13.1. The fourth-order valence-corrected chi connectivity index (χ4v) is 4.39. The van der Waals surface area contributed by atoms with Gasteiger partial charge in [0.05, 0.1) is 11.9 Å². The first-order valence-electron chi connectivity index (χ1n) is 8.41. The predicted octanol–water partition coefficient (Wildman–Crippen LogP) is 2.42. The zero-order chi connectivity index (χ0) is 17.4. The predicted molar refractivity (Wildman–Crippen MR) is 98.1 cm³/mol. The van der Waals surface area contributed by atoms with Gasteiger partial charge in [0.1, 0.15) is 4.83 Å². The van der Waals surface area contributed by atoms with E-state index in [1.54, 1.807) is 30.0 Å². The van der Waals surface area contributed by atoms with E-state index < -0.39 is 0 Å². The maximum atomic E-state index is 13.1. The Morgan fingerprint density at radius 1 is 1.33 bits per heavy atom. The molecule has 7 heteroatoms. The number of aryl methyl sites for hydroxylation is 2. The van der Waals surface area contributed by atoms with Crippen molar-refractivity contribution in [2.24, 2.45) is 0 Å². The molecule has 1 aliphatic rings. The first kappa shape index (κ1) is 17.0. The van der Waals surface area contributed by atoms with Gasteiger partial charge in [0.25, 0.3) is 5.56 Å². The summed E-state index contributed by atoms with van der Waals surface area (Å²) >= 11 is 1.63. The lowest BCUT2D eigenvalue weighted by Gasteiger charge is -2.18. The van der Waals surface area contributed by atoms with Crippen molar-refractivity contribution < 1.29 is 4.79 Å². The van der Waals surface area contributed by atoms with E-state index >= 15 is 0 Å². The van der Waals surface area contributed by atoms with Gasteiger partial charge >= 0.3 is 0 Å². The highest BCUT2D eigenvalue weighted by Gasteiger charge is 2.23. The van der Waals surface area contributed by atoms with Gasteiger partial charge in [-0.15, -0.1) is 11.3 Å². The van der Waals surface area contributed by atoms with Gasteiger partial charge in [-0.3, -0.25) is 14.2 Å². The van der Waals surface area contributed by atoms with Crippen LogP contribution in [-0.4, -0.2) is 41.0 Å². The molecule has 0 saturated carbocycles.